The van der Waals surface area contributed by atoms with Gasteiger partial charge < -0.3 is 24.6 Å². The van der Waals surface area contributed by atoms with Gasteiger partial charge in [-0.05, 0) is 48.4 Å². The molecule has 32 heavy (non-hydrogen) atoms. The zero-order valence-electron chi connectivity index (χ0n) is 19.3. The normalized spacial score (nSPS) is 27.2. The molecule has 0 spiro atoms. The van der Waals surface area contributed by atoms with E-state index in [4.69, 9.17) is 9.47 Å². The summed E-state index contributed by atoms with van der Waals surface area (Å²) in [7, 11) is 3.18. The summed E-state index contributed by atoms with van der Waals surface area (Å²) in [5.74, 6) is 0.0445. The summed E-state index contributed by atoms with van der Waals surface area (Å²) in [6.45, 7) is 6.29. The fourth-order valence-electron chi connectivity index (χ4n) is 5.51. The zero-order valence-corrected chi connectivity index (χ0v) is 19.3. The molecule has 8 nitrogen and oxygen atoms in total. The van der Waals surface area contributed by atoms with Gasteiger partial charge in [0.1, 0.15) is 11.8 Å². The molecule has 1 aromatic carbocycles. The highest BCUT2D eigenvalue weighted by atomic mass is 16.5. The standard InChI is InChI=1S/C24H32N2O6/c1-13(22(28)29)25-24(30)11-16-15-9-20(32-5)19(31-4)8-14(15)6-7-26(16)17-10-23(2,3)12-18(27)21(17)24/h8-9,13,16,25,30H,6-7,10-12H2,1-5H3,(H,28,29)/t13-,16-,24-/m0/s1. The van der Waals surface area contributed by atoms with E-state index in [0.717, 1.165) is 23.2 Å². The van der Waals surface area contributed by atoms with Crippen LogP contribution < -0.4 is 14.8 Å². The SMILES string of the molecule is COc1cc2c(cc1OC)[C@@H]1C[C@@](O)(N[C@@H](C)C(=O)O)C3=C(CC(C)(C)CC3=O)N1CC2. The van der Waals surface area contributed by atoms with Crippen molar-refractivity contribution in [1.82, 2.24) is 10.2 Å². The number of carbonyl (C=O) groups is 2. The minimum Gasteiger partial charge on any atom is -0.493 e. The van der Waals surface area contributed by atoms with Crippen molar-refractivity contribution in [3.63, 3.8) is 0 Å². The maximum atomic E-state index is 13.2. The van der Waals surface area contributed by atoms with E-state index in [0.29, 0.717) is 36.5 Å². The van der Waals surface area contributed by atoms with Crippen molar-refractivity contribution in [3.8, 4) is 11.5 Å². The number of aliphatic carboxylic acids is 1. The number of benzene rings is 1. The summed E-state index contributed by atoms with van der Waals surface area (Å²) < 4.78 is 11.0. The Bertz CT molecular complexity index is 1000. The first-order valence-corrected chi connectivity index (χ1v) is 11.0. The molecule has 0 radical (unpaired) electrons. The molecule has 0 unspecified atom stereocenters. The average molecular weight is 445 g/mol. The van der Waals surface area contributed by atoms with Crippen LogP contribution in [0, 0.1) is 5.41 Å². The molecule has 4 rings (SSSR count). The number of Topliss-reactive ketones (excluding diaryl/α,β-unsaturated/α-hetero) is 1. The number of fused-ring (bicyclic) bond motifs is 4. The lowest BCUT2D eigenvalue weighted by Crippen LogP contribution is -2.61. The number of carboxylic acids is 1. The molecule has 0 amide bonds. The van der Waals surface area contributed by atoms with Crippen LogP contribution in [-0.2, 0) is 16.0 Å². The Morgan fingerprint density at radius 2 is 1.88 bits per heavy atom. The Morgan fingerprint density at radius 1 is 1.22 bits per heavy atom. The Morgan fingerprint density at radius 3 is 2.50 bits per heavy atom. The maximum absolute atomic E-state index is 13.2. The van der Waals surface area contributed by atoms with E-state index in [9.17, 15) is 19.8 Å². The van der Waals surface area contributed by atoms with E-state index in [1.807, 2.05) is 12.1 Å². The molecule has 0 saturated heterocycles. The molecule has 8 heteroatoms. The molecule has 1 aliphatic carbocycles. The Hall–Kier alpha value is -2.58. The monoisotopic (exact) mass is 444 g/mol. The van der Waals surface area contributed by atoms with Crippen molar-refractivity contribution in [2.75, 3.05) is 20.8 Å². The van der Waals surface area contributed by atoms with Gasteiger partial charge in [0.25, 0.3) is 0 Å². The van der Waals surface area contributed by atoms with E-state index in [2.05, 4.69) is 24.1 Å². The number of hydrogen-bond acceptors (Lipinski definition) is 7. The number of hydrogen-bond donors (Lipinski definition) is 3. The molecular formula is C24H32N2O6. The Labute approximate surface area is 188 Å². The van der Waals surface area contributed by atoms with Crippen LogP contribution in [-0.4, -0.2) is 59.4 Å². The molecule has 0 aromatic heterocycles. The van der Waals surface area contributed by atoms with Crippen LogP contribution in [0.2, 0.25) is 0 Å². The number of rotatable bonds is 5. The summed E-state index contributed by atoms with van der Waals surface area (Å²) in [4.78, 5) is 27.1. The van der Waals surface area contributed by atoms with Crippen LogP contribution in [0.25, 0.3) is 0 Å². The van der Waals surface area contributed by atoms with E-state index < -0.39 is 17.7 Å². The van der Waals surface area contributed by atoms with Gasteiger partial charge in [-0.15, -0.1) is 0 Å². The van der Waals surface area contributed by atoms with Gasteiger partial charge in [0, 0.05) is 25.1 Å². The molecule has 1 aromatic rings. The van der Waals surface area contributed by atoms with Gasteiger partial charge in [-0.1, -0.05) is 13.8 Å². The van der Waals surface area contributed by atoms with Gasteiger partial charge in [-0.2, -0.15) is 0 Å². The van der Waals surface area contributed by atoms with Gasteiger partial charge in [0.05, 0.1) is 25.8 Å². The second-order valence-electron chi connectivity index (χ2n) is 9.90. The smallest absolute Gasteiger partial charge is 0.320 e. The lowest BCUT2D eigenvalue weighted by atomic mass is 9.68. The van der Waals surface area contributed by atoms with Crippen LogP contribution in [0.5, 0.6) is 11.5 Å². The highest BCUT2D eigenvalue weighted by molar-refractivity contribution is 5.99. The molecule has 3 atom stereocenters. The zero-order chi connectivity index (χ0) is 23.4. The molecule has 3 N–H and O–H groups in total. The molecular weight excluding hydrogens is 412 g/mol. The number of nitrogens with zero attached hydrogens (tertiary/aromatic N) is 1. The molecule has 2 heterocycles. The van der Waals surface area contributed by atoms with Gasteiger partial charge in [0.2, 0.25) is 0 Å². The molecule has 0 saturated carbocycles. The van der Waals surface area contributed by atoms with Crippen LogP contribution in [0.15, 0.2) is 23.4 Å². The van der Waals surface area contributed by atoms with Crippen molar-refractivity contribution in [1.29, 1.82) is 0 Å². The van der Waals surface area contributed by atoms with Crippen molar-refractivity contribution >= 4 is 11.8 Å². The van der Waals surface area contributed by atoms with Crippen LogP contribution in [0.3, 0.4) is 0 Å². The number of carboxylic acid groups (broad SMARTS) is 1. The van der Waals surface area contributed by atoms with E-state index >= 15 is 0 Å². The third-order valence-corrected chi connectivity index (χ3v) is 6.93. The summed E-state index contributed by atoms with van der Waals surface area (Å²) in [6.07, 6.45) is 1.89. The number of allylic oxidation sites excluding steroid dienone is 1. The largest absolute Gasteiger partial charge is 0.493 e. The highest BCUT2D eigenvalue weighted by Gasteiger charge is 2.52. The highest BCUT2D eigenvalue weighted by Crippen LogP contribution is 2.52. The second kappa shape index (κ2) is 7.78. The van der Waals surface area contributed by atoms with Crippen LogP contribution >= 0.6 is 0 Å². The fourth-order valence-corrected chi connectivity index (χ4v) is 5.51. The summed E-state index contributed by atoms with van der Waals surface area (Å²) in [5.41, 5.74) is 1.27. The number of carbonyl (C=O) groups excluding carboxylic acids is 1. The summed E-state index contributed by atoms with van der Waals surface area (Å²) in [6, 6.07) is 2.67. The van der Waals surface area contributed by atoms with Crippen LogP contribution in [0.1, 0.15) is 57.2 Å². The minimum absolute atomic E-state index is 0.125. The first-order chi connectivity index (χ1) is 15.0. The first-order valence-electron chi connectivity index (χ1n) is 11.0. The lowest BCUT2D eigenvalue weighted by molar-refractivity contribution is -0.143. The maximum Gasteiger partial charge on any atom is 0.320 e. The van der Waals surface area contributed by atoms with Gasteiger partial charge >= 0.3 is 5.97 Å². The van der Waals surface area contributed by atoms with Crippen molar-refractivity contribution < 1.29 is 29.3 Å². The molecule has 0 bridgehead atoms. The van der Waals surface area contributed by atoms with Crippen molar-refractivity contribution in [2.24, 2.45) is 5.41 Å². The summed E-state index contributed by atoms with van der Waals surface area (Å²) in [5, 5.41) is 24.1. The van der Waals surface area contributed by atoms with E-state index in [-0.39, 0.29) is 23.7 Å². The average Bonchev–Trinajstić information content (AvgIpc) is 2.70. The first kappa shape index (κ1) is 22.6. The third-order valence-electron chi connectivity index (χ3n) is 6.93. The van der Waals surface area contributed by atoms with Gasteiger partial charge in [-0.3, -0.25) is 14.9 Å². The number of ether oxygens (including phenoxy) is 2. The lowest BCUT2D eigenvalue weighted by Gasteiger charge is -2.53. The van der Waals surface area contributed by atoms with Crippen molar-refractivity contribution in [2.45, 2.75) is 64.3 Å². The minimum atomic E-state index is -1.73. The third kappa shape index (κ3) is 3.65. The molecule has 2 aliphatic heterocycles. The van der Waals surface area contributed by atoms with E-state index in [1.54, 1.807) is 14.2 Å². The van der Waals surface area contributed by atoms with Crippen LogP contribution in [0.4, 0.5) is 0 Å². The topological polar surface area (TPSA) is 108 Å². The number of ketones is 1. The quantitative estimate of drug-likeness (QED) is 0.594. The summed E-state index contributed by atoms with van der Waals surface area (Å²) >= 11 is 0. The number of methoxy groups -OCH3 is 2. The number of aliphatic hydroxyl groups is 1. The predicted molar refractivity (Wildman–Crippen MR) is 118 cm³/mol. The Kier molecular flexibility index (Phi) is 5.49. The molecule has 174 valence electrons. The van der Waals surface area contributed by atoms with Gasteiger partial charge in [-0.25, -0.2) is 0 Å². The number of nitrogens with one attached hydrogen (secondary N) is 1. The Balaban J connectivity index is 1.87. The second-order valence-corrected chi connectivity index (χ2v) is 9.90. The molecule has 3 aliphatic rings. The predicted octanol–water partition coefficient (Wildman–Crippen LogP) is 2.40. The van der Waals surface area contributed by atoms with E-state index in [1.165, 1.54) is 6.92 Å². The van der Waals surface area contributed by atoms with Gasteiger partial charge in [0.15, 0.2) is 17.3 Å². The fraction of sp³-hybridized carbons (Fsp3) is 0.583. The van der Waals surface area contributed by atoms with Crippen molar-refractivity contribution in [3.05, 3.63) is 34.5 Å². The molecule has 0 fully saturated rings.